The summed E-state index contributed by atoms with van der Waals surface area (Å²) in [5.41, 5.74) is 2.96. The quantitative estimate of drug-likeness (QED) is 0.293. The maximum absolute atomic E-state index is 13.9. The minimum Gasteiger partial charge on any atom is -0.343 e. The van der Waals surface area contributed by atoms with Crippen LogP contribution in [0.15, 0.2) is 35.7 Å². The summed E-state index contributed by atoms with van der Waals surface area (Å²) in [5, 5.41) is 8.62. The summed E-state index contributed by atoms with van der Waals surface area (Å²) >= 11 is 5.50. The molecule has 0 aliphatic rings. The van der Waals surface area contributed by atoms with Crippen molar-refractivity contribution in [3.05, 3.63) is 52.9 Å². The number of pyridine rings is 1. The van der Waals surface area contributed by atoms with E-state index in [1.165, 1.54) is 12.5 Å². The van der Waals surface area contributed by atoms with Crippen molar-refractivity contribution in [1.29, 1.82) is 0 Å². The Labute approximate surface area is 127 Å². The Kier molecular flexibility index (Phi) is 3.70. The van der Waals surface area contributed by atoms with E-state index in [0.717, 1.165) is 12.1 Å². The molecule has 6 nitrogen and oxygen atoms in total. The van der Waals surface area contributed by atoms with Crippen molar-refractivity contribution in [2.75, 3.05) is 0 Å². The number of amidine groups is 1. The van der Waals surface area contributed by atoms with Crippen molar-refractivity contribution in [2.45, 2.75) is 0 Å². The highest BCUT2D eigenvalue weighted by Gasteiger charge is 2.14. The van der Waals surface area contributed by atoms with Crippen molar-refractivity contribution in [1.82, 2.24) is 20.4 Å². The van der Waals surface area contributed by atoms with E-state index in [0.29, 0.717) is 16.7 Å². The molecule has 0 atom stereocenters. The molecule has 0 fully saturated rings. The number of benzene rings is 1. The van der Waals surface area contributed by atoms with Gasteiger partial charge in [0.25, 0.3) is 0 Å². The van der Waals surface area contributed by atoms with Gasteiger partial charge in [0.2, 0.25) is 0 Å². The van der Waals surface area contributed by atoms with Crippen molar-refractivity contribution >= 4 is 34.3 Å². The number of hydrogen-bond donors (Lipinski definition) is 3. The molecule has 22 heavy (non-hydrogen) atoms. The van der Waals surface area contributed by atoms with Crippen molar-refractivity contribution in [2.24, 2.45) is 4.99 Å². The lowest BCUT2D eigenvalue weighted by molar-refractivity contribution is 0.235. The minimum absolute atomic E-state index is 0.0711. The van der Waals surface area contributed by atoms with E-state index in [1.807, 2.05) is 5.48 Å². The number of hydrogen-bond acceptors (Lipinski definition) is 4. The lowest BCUT2D eigenvalue weighted by Gasteiger charge is -2.07. The first-order valence-corrected chi connectivity index (χ1v) is 6.40. The summed E-state index contributed by atoms with van der Waals surface area (Å²) in [6.45, 7) is 0. The molecule has 112 valence electrons. The second kappa shape index (κ2) is 5.66. The lowest BCUT2D eigenvalue weighted by Crippen LogP contribution is -2.20. The summed E-state index contributed by atoms with van der Waals surface area (Å²) in [6.07, 6.45) is 2.88. The molecule has 3 rings (SSSR count). The molecule has 0 aliphatic carbocycles. The number of rotatable bonds is 2. The summed E-state index contributed by atoms with van der Waals surface area (Å²) < 4.78 is 27.1. The predicted octanol–water partition coefficient (Wildman–Crippen LogP) is 2.95. The van der Waals surface area contributed by atoms with Crippen molar-refractivity contribution in [3.63, 3.8) is 0 Å². The van der Waals surface area contributed by atoms with Crippen LogP contribution >= 0.6 is 11.6 Å². The molecular formula is C13H8ClF2N5O. The second-order valence-electron chi connectivity index (χ2n) is 4.23. The van der Waals surface area contributed by atoms with E-state index in [9.17, 15) is 14.0 Å². The molecule has 0 radical (unpaired) electrons. The molecule has 0 unspecified atom stereocenters. The summed E-state index contributed by atoms with van der Waals surface area (Å²) in [4.78, 5) is 14.8. The Balaban J connectivity index is 2.16. The minimum atomic E-state index is -1.02. The number of aromatic amines is 1. The number of nitrogens with one attached hydrogen (secondary N) is 2. The van der Waals surface area contributed by atoms with Crippen LogP contribution in [0.3, 0.4) is 0 Å². The summed E-state index contributed by atoms with van der Waals surface area (Å²) in [5.74, 6) is -1.99. The number of H-pyrrole nitrogens is 1. The van der Waals surface area contributed by atoms with Gasteiger partial charge in [0.1, 0.15) is 16.5 Å². The van der Waals surface area contributed by atoms with Gasteiger partial charge in [-0.15, -0.1) is 0 Å². The smallest absolute Gasteiger partial charge is 0.178 e. The molecule has 0 saturated carbocycles. The van der Waals surface area contributed by atoms with Crippen LogP contribution < -0.4 is 5.48 Å². The van der Waals surface area contributed by atoms with Gasteiger partial charge in [-0.2, -0.15) is 0 Å². The van der Waals surface area contributed by atoms with Gasteiger partial charge in [-0.1, -0.05) is 11.6 Å². The van der Waals surface area contributed by atoms with Crippen LogP contribution in [0.25, 0.3) is 11.2 Å². The third kappa shape index (κ3) is 2.38. The predicted molar refractivity (Wildman–Crippen MR) is 76.4 cm³/mol. The number of aromatic nitrogens is 3. The fourth-order valence-corrected chi connectivity index (χ4v) is 2.07. The maximum Gasteiger partial charge on any atom is 0.178 e. The van der Waals surface area contributed by atoms with Gasteiger partial charge in [0.15, 0.2) is 17.3 Å². The van der Waals surface area contributed by atoms with Gasteiger partial charge >= 0.3 is 0 Å². The topological polar surface area (TPSA) is 86.2 Å². The largest absolute Gasteiger partial charge is 0.343 e. The van der Waals surface area contributed by atoms with Gasteiger partial charge in [0.05, 0.1) is 11.8 Å². The van der Waals surface area contributed by atoms with Crippen LogP contribution in [-0.4, -0.2) is 26.0 Å². The number of aliphatic imine (C=N–C) groups is 1. The van der Waals surface area contributed by atoms with E-state index in [4.69, 9.17) is 11.6 Å². The first kappa shape index (κ1) is 14.4. The Hall–Kier alpha value is -2.58. The first-order chi connectivity index (χ1) is 10.6. The lowest BCUT2D eigenvalue weighted by atomic mass is 10.2. The molecule has 0 spiro atoms. The van der Waals surface area contributed by atoms with E-state index in [1.54, 1.807) is 6.07 Å². The average Bonchev–Trinajstić information content (AvgIpc) is 3.01. The molecule has 2 aromatic heterocycles. The van der Waals surface area contributed by atoms with Gasteiger partial charge in [0, 0.05) is 11.8 Å². The molecule has 1 aromatic carbocycles. The Morgan fingerprint density at radius 3 is 2.86 bits per heavy atom. The Morgan fingerprint density at radius 1 is 1.27 bits per heavy atom. The standard InChI is InChI=1S/C13H8ClF2N5O/c14-9-7(15)1-2-8(10(9)16)20-12(21-22)6-3-4-17-13-11(6)18-5-19-13/h1-5,22H,(H,20,21)(H,17,18,19). The summed E-state index contributed by atoms with van der Waals surface area (Å²) in [6, 6.07) is 3.64. The van der Waals surface area contributed by atoms with Crippen LogP contribution in [0.4, 0.5) is 14.5 Å². The van der Waals surface area contributed by atoms with Crippen molar-refractivity contribution < 1.29 is 14.0 Å². The number of imidazole rings is 1. The van der Waals surface area contributed by atoms with Crippen LogP contribution in [0.5, 0.6) is 0 Å². The second-order valence-corrected chi connectivity index (χ2v) is 4.60. The summed E-state index contributed by atoms with van der Waals surface area (Å²) in [7, 11) is 0. The van der Waals surface area contributed by atoms with E-state index in [-0.39, 0.29) is 11.5 Å². The van der Waals surface area contributed by atoms with Gasteiger partial charge in [-0.25, -0.2) is 23.7 Å². The zero-order valence-electron chi connectivity index (χ0n) is 10.8. The van der Waals surface area contributed by atoms with Crippen LogP contribution in [0.2, 0.25) is 5.02 Å². The van der Waals surface area contributed by atoms with E-state index in [2.05, 4.69) is 19.9 Å². The highest BCUT2D eigenvalue weighted by atomic mass is 35.5. The van der Waals surface area contributed by atoms with Crippen LogP contribution in [0.1, 0.15) is 5.56 Å². The molecule has 0 amide bonds. The molecule has 3 N–H and O–H groups in total. The van der Waals surface area contributed by atoms with Gasteiger partial charge in [-0.05, 0) is 18.2 Å². The zero-order chi connectivity index (χ0) is 15.7. The number of fused-ring (bicyclic) bond motifs is 1. The molecule has 3 aromatic rings. The van der Waals surface area contributed by atoms with E-state index < -0.39 is 16.7 Å². The normalized spacial score (nSPS) is 11.9. The highest BCUT2D eigenvalue weighted by molar-refractivity contribution is 6.31. The SMILES string of the molecule is ONC(=Nc1ccc(F)c(Cl)c1F)c1ccnc2nc[nH]c12. The monoisotopic (exact) mass is 323 g/mol. The third-order valence-electron chi connectivity index (χ3n) is 2.93. The number of hydroxylamine groups is 1. The Morgan fingerprint density at radius 2 is 2.09 bits per heavy atom. The molecule has 0 bridgehead atoms. The van der Waals surface area contributed by atoms with Gasteiger partial charge < -0.3 is 4.98 Å². The molecule has 0 saturated heterocycles. The maximum atomic E-state index is 13.9. The number of nitrogens with zero attached hydrogens (tertiary/aromatic N) is 3. The fraction of sp³-hybridized carbons (Fsp3) is 0. The van der Waals surface area contributed by atoms with Crippen LogP contribution in [-0.2, 0) is 0 Å². The first-order valence-electron chi connectivity index (χ1n) is 6.02. The van der Waals surface area contributed by atoms with Crippen molar-refractivity contribution in [3.8, 4) is 0 Å². The molecule has 2 heterocycles. The Bertz CT molecular complexity index is 880. The zero-order valence-corrected chi connectivity index (χ0v) is 11.6. The molecule has 0 aliphatic heterocycles. The fourth-order valence-electron chi connectivity index (χ4n) is 1.91. The molecule has 9 heteroatoms. The molecular weight excluding hydrogens is 316 g/mol. The average molecular weight is 324 g/mol. The van der Waals surface area contributed by atoms with Gasteiger partial charge in [-0.3, -0.25) is 10.7 Å². The number of halogens is 3. The van der Waals surface area contributed by atoms with Crippen LogP contribution in [0, 0.1) is 11.6 Å². The third-order valence-corrected chi connectivity index (χ3v) is 3.28. The highest BCUT2D eigenvalue weighted by Crippen LogP contribution is 2.28. The van der Waals surface area contributed by atoms with E-state index >= 15 is 0 Å².